The van der Waals surface area contributed by atoms with Crippen LogP contribution in [0.2, 0.25) is 0 Å². The molecule has 0 saturated heterocycles. The standard InChI is InChI=1S/C28H42O4/c1-9-11-13-31-19-15-21(27(3,4)5)25(23(29)17-19)26-22(28(6,7)8)16-20(18-24(26)30)32-14-12-10-2/h15-18,29-30H,9-14H2,1-8H3. The summed E-state index contributed by atoms with van der Waals surface area (Å²) in [5, 5.41) is 22.4. The van der Waals surface area contributed by atoms with E-state index < -0.39 is 0 Å². The van der Waals surface area contributed by atoms with Gasteiger partial charge in [0.05, 0.1) is 13.2 Å². The molecular formula is C28H42O4. The largest absolute Gasteiger partial charge is 0.507 e. The fourth-order valence-electron chi connectivity index (χ4n) is 3.75. The monoisotopic (exact) mass is 442 g/mol. The average molecular weight is 443 g/mol. The fourth-order valence-corrected chi connectivity index (χ4v) is 3.75. The predicted octanol–water partition coefficient (Wildman–Crippen LogP) is 7.72. The molecule has 0 fully saturated rings. The zero-order valence-corrected chi connectivity index (χ0v) is 21.3. The van der Waals surface area contributed by atoms with Gasteiger partial charge in [-0.25, -0.2) is 0 Å². The molecular weight excluding hydrogens is 400 g/mol. The van der Waals surface area contributed by atoms with Gasteiger partial charge in [-0.15, -0.1) is 0 Å². The number of rotatable bonds is 9. The van der Waals surface area contributed by atoms with Crippen molar-refractivity contribution in [1.29, 1.82) is 0 Å². The normalized spacial score (nSPS) is 12.1. The summed E-state index contributed by atoms with van der Waals surface area (Å²) in [7, 11) is 0. The molecule has 0 heterocycles. The first-order valence-corrected chi connectivity index (χ1v) is 11.9. The highest BCUT2D eigenvalue weighted by Crippen LogP contribution is 2.49. The Labute approximate surface area is 194 Å². The lowest BCUT2D eigenvalue weighted by molar-refractivity contribution is 0.306. The van der Waals surface area contributed by atoms with Gasteiger partial charge in [-0.1, -0.05) is 68.2 Å². The van der Waals surface area contributed by atoms with Crippen LogP contribution in [0.25, 0.3) is 11.1 Å². The zero-order chi connectivity index (χ0) is 24.1. The number of hydrogen-bond donors (Lipinski definition) is 2. The molecule has 0 radical (unpaired) electrons. The van der Waals surface area contributed by atoms with Gasteiger partial charge in [0.15, 0.2) is 0 Å². The van der Waals surface area contributed by atoms with Crippen molar-refractivity contribution in [1.82, 2.24) is 0 Å². The molecule has 2 aromatic carbocycles. The molecule has 32 heavy (non-hydrogen) atoms. The Morgan fingerprint density at radius 3 is 1.25 bits per heavy atom. The summed E-state index contributed by atoms with van der Waals surface area (Å²) in [5.41, 5.74) is 2.64. The number of unbranched alkanes of at least 4 members (excludes halogenated alkanes) is 2. The Morgan fingerprint density at radius 1 is 0.625 bits per heavy atom. The van der Waals surface area contributed by atoms with Gasteiger partial charge in [0, 0.05) is 23.3 Å². The molecule has 0 aliphatic carbocycles. The number of phenolic OH excluding ortho intramolecular Hbond substituents is 2. The summed E-state index contributed by atoms with van der Waals surface area (Å²) in [4.78, 5) is 0. The highest BCUT2D eigenvalue weighted by atomic mass is 16.5. The first-order chi connectivity index (χ1) is 14.9. The smallest absolute Gasteiger partial charge is 0.127 e. The predicted molar refractivity (Wildman–Crippen MR) is 133 cm³/mol. The first-order valence-electron chi connectivity index (χ1n) is 11.9. The zero-order valence-electron chi connectivity index (χ0n) is 21.3. The van der Waals surface area contributed by atoms with E-state index in [1.54, 1.807) is 12.1 Å². The van der Waals surface area contributed by atoms with Crippen molar-refractivity contribution < 1.29 is 19.7 Å². The summed E-state index contributed by atoms with van der Waals surface area (Å²) in [6.45, 7) is 18.1. The van der Waals surface area contributed by atoms with E-state index in [4.69, 9.17) is 9.47 Å². The summed E-state index contributed by atoms with van der Waals surface area (Å²) in [5.74, 6) is 1.54. The van der Waals surface area contributed by atoms with Crippen molar-refractivity contribution in [3.8, 4) is 34.1 Å². The maximum atomic E-state index is 11.2. The van der Waals surface area contributed by atoms with Crippen LogP contribution in [-0.4, -0.2) is 23.4 Å². The highest BCUT2D eigenvalue weighted by molar-refractivity contribution is 5.84. The number of ether oxygens (including phenoxy) is 2. The maximum Gasteiger partial charge on any atom is 0.127 e. The van der Waals surface area contributed by atoms with Crippen LogP contribution in [-0.2, 0) is 10.8 Å². The van der Waals surface area contributed by atoms with E-state index in [2.05, 4.69) is 55.4 Å². The van der Waals surface area contributed by atoms with E-state index in [9.17, 15) is 10.2 Å². The SMILES string of the molecule is CCCCOc1cc(O)c(-c2c(O)cc(OCCCC)cc2C(C)(C)C)c(C(C)(C)C)c1. The molecule has 4 nitrogen and oxygen atoms in total. The molecule has 0 atom stereocenters. The van der Waals surface area contributed by atoms with Crippen LogP contribution >= 0.6 is 0 Å². The van der Waals surface area contributed by atoms with Crippen molar-refractivity contribution in [2.24, 2.45) is 0 Å². The van der Waals surface area contributed by atoms with Crippen LogP contribution in [0.1, 0.15) is 92.2 Å². The minimum atomic E-state index is -0.269. The molecule has 0 unspecified atom stereocenters. The third kappa shape index (κ3) is 6.34. The Balaban J connectivity index is 2.72. The summed E-state index contributed by atoms with van der Waals surface area (Å²) >= 11 is 0. The second-order valence-corrected chi connectivity index (χ2v) is 10.6. The molecule has 178 valence electrons. The van der Waals surface area contributed by atoms with Crippen molar-refractivity contribution in [2.45, 2.75) is 91.9 Å². The van der Waals surface area contributed by atoms with Gasteiger partial charge < -0.3 is 19.7 Å². The Morgan fingerprint density at radius 2 is 0.969 bits per heavy atom. The van der Waals surface area contributed by atoms with Crippen LogP contribution in [0.15, 0.2) is 24.3 Å². The maximum absolute atomic E-state index is 11.2. The first kappa shape index (κ1) is 25.9. The average Bonchev–Trinajstić information content (AvgIpc) is 2.67. The molecule has 0 aromatic heterocycles. The molecule has 2 rings (SSSR count). The van der Waals surface area contributed by atoms with Crippen LogP contribution in [0.5, 0.6) is 23.0 Å². The second-order valence-electron chi connectivity index (χ2n) is 10.6. The number of benzene rings is 2. The summed E-state index contributed by atoms with van der Waals surface area (Å²) in [6, 6.07) is 7.33. The van der Waals surface area contributed by atoms with Crippen molar-refractivity contribution in [3.05, 3.63) is 35.4 Å². The lowest BCUT2D eigenvalue weighted by Crippen LogP contribution is -2.17. The van der Waals surface area contributed by atoms with E-state index in [1.165, 1.54) is 0 Å². The van der Waals surface area contributed by atoms with E-state index in [-0.39, 0.29) is 22.3 Å². The van der Waals surface area contributed by atoms with Gasteiger partial charge in [-0.05, 0) is 46.9 Å². The number of hydrogen-bond acceptors (Lipinski definition) is 4. The number of aromatic hydroxyl groups is 2. The van der Waals surface area contributed by atoms with E-state index >= 15 is 0 Å². The quantitative estimate of drug-likeness (QED) is 0.390. The van der Waals surface area contributed by atoms with Crippen LogP contribution in [0.4, 0.5) is 0 Å². The number of phenols is 2. The fraction of sp³-hybridized carbons (Fsp3) is 0.571. The van der Waals surface area contributed by atoms with Gasteiger partial charge in [-0.3, -0.25) is 0 Å². The molecule has 2 aromatic rings. The van der Waals surface area contributed by atoms with Crippen molar-refractivity contribution >= 4 is 0 Å². The van der Waals surface area contributed by atoms with Crippen molar-refractivity contribution in [2.75, 3.05) is 13.2 Å². The van der Waals surface area contributed by atoms with Gasteiger partial charge in [0.25, 0.3) is 0 Å². The van der Waals surface area contributed by atoms with Crippen LogP contribution < -0.4 is 9.47 Å². The molecule has 0 aliphatic rings. The molecule has 0 spiro atoms. The molecule has 0 bridgehead atoms. The van der Waals surface area contributed by atoms with Gasteiger partial charge in [0.2, 0.25) is 0 Å². The van der Waals surface area contributed by atoms with E-state index in [0.29, 0.717) is 35.8 Å². The molecule has 0 saturated carbocycles. The van der Waals surface area contributed by atoms with Gasteiger partial charge in [-0.2, -0.15) is 0 Å². The topological polar surface area (TPSA) is 58.9 Å². The molecule has 2 N–H and O–H groups in total. The third-order valence-electron chi connectivity index (χ3n) is 5.58. The van der Waals surface area contributed by atoms with Gasteiger partial charge in [0.1, 0.15) is 23.0 Å². The summed E-state index contributed by atoms with van der Waals surface area (Å²) in [6.07, 6.45) is 4.01. The molecule has 0 aliphatic heterocycles. The lowest BCUT2D eigenvalue weighted by atomic mass is 9.76. The van der Waals surface area contributed by atoms with Crippen LogP contribution in [0, 0.1) is 0 Å². The highest BCUT2D eigenvalue weighted by Gasteiger charge is 2.30. The van der Waals surface area contributed by atoms with E-state index in [0.717, 1.165) is 36.8 Å². The van der Waals surface area contributed by atoms with E-state index in [1.807, 2.05) is 12.1 Å². The van der Waals surface area contributed by atoms with Crippen molar-refractivity contribution in [3.63, 3.8) is 0 Å². The second kappa shape index (κ2) is 10.5. The molecule has 0 amide bonds. The Bertz CT molecular complexity index is 826. The minimum absolute atomic E-state index is 0.115. The Hall–Kier alpha value is -2.36. The minimum Gasteiger partial charge on any atom is -0.507 e. The third-order valence-corrected chi connectivity index (χ3v) is 5.58. The van der Waals surface area contributed by atoms with Gasteiger partial charge >= 0.3 is 0 Å². The summed E-state index contributed by atoms with van der Waals surface area (Å²) < 4.78 is 11.8. The lowest BCUT2D eigenvalue weighted by Gasteiger charge is -2.30. The Kier molecular flexibility index (Phi) is 8.50. The van der Waals surface area contributed by atoms with Crippen LogP contribution in [0.3, 0.4) is 0 Å². The molecule has 4 heteroatoms.